The maximum atomic E-state index is 12.3. The number of unbranched alkanes of at least 4 members (excludes halogenated alkanes) is 1. The van der Waals surface area contributed by atoms with Crippen molar-refractivity contribution in [2.75, 3.05) is 0 Å². The van der Waals surface area contributed by atoms with E-state index in [1.54, 1.807) is 23.2 Å². The lowest BCUT2D eigenvalue weighted by molar-refractivity contribution is 0.619. The van der Waals surface area contributed by atoms with Gasteiger partial charge in [0.1, 0.15) is 15.0 Å². The van der Waals surface area contributed by atoms with Crippen molar-refractivity contribution < 1.29 is 0 Å². The molecule has 1 N–H and O–H groups in total. The summed E-state index contributed by atoms with van der Waals surface area (Å²) >= 11 is 1.26. The second kappa shape index (κ2) is 6.21. The SMILES string of the molecule is CCCCn1c(=O)[nH]c(=O)c2sc3ncc(-c4cccnc4)nc3c21. The van der Waals surface area contributed by atoms with Gasteiger partial charge in [-0.25, -0.2) is 14.8 Å². The van der Waals surface area contributed by atoms with Crippen molar-refractivity contribution in [1.82, 2.24) is 24.5 Å². The summed E-state index contributed by atoms with van der Waals surface area (Å²) in [7, 11) is 0. The van der Waals surface area contributed by atoms with E-state index in [1.165, 1.54) is 11.3 Å². The summed E-state index contributed by atoms with van der Waals surface area (Å²) < 4.78 is 2.08. The summed E-state index contributed by atoms with van der Waals surface area (Å²) in [5.41, 5.74) is 1.86. The first-order valence-corrected chi connectivity index (χ1v) is 8.83. The van der Waals surface area contributed by atoms with Crippen LogP contribution in [-0.4, -0.2) is 24.5 Å². The number of aromatic nitrogens is 5. The molecule has 0 radical (unpaired) electrons. The molecule has 0 saturated carbocycles. The van der Waals surface area contributed by atoms with E-state index in [-0.39, 0.29) is 5.56 Å². The van der Waals surface area contributed by atoms with E-state index in [4.69, 9.17) is 0 Å². The first-order chi connectivity index (χ1) is 12.2. The number of aromatic amines is 1. The number of pyridine rings is 1. The third-order valence-corrected chi connectivity index (χ3v) is 5.09. The van der Waals surface area contributed by atoms with Gasteiger partial charge >= 0.3 is 5.69 Å². The molecule has 0 aliphatic rings. The first kappa shape index (κ1) is 15.6. The predicted octanol–water partition coefficient (Wildman–Crippen LogP) is 2.56. The second-order valence-electron chi connectivity index (χ2n) is 5.69. The van der Waals surface area contributed by atoms with Gasteiger partial charge in [0, 0.05) is 24.5 Å². The van der Waals surface area contributed by atoms with Crippen LogP contribution in [0, 0.1) is 0 Å². The normalized spacial score (nSPS) is 11.4. The third kappa shape index (κ3) is 2.64. The standard InChI is InChI=1S/C17H15N5O2S/c1-2-3-7-22-13-12-16(25-14(13)15(23)21-17(22)24)19-9-11(20-12)10-5-4-6-18-8-10/h4-6,8-9H,2-3,7H2,1H3,(H,21,23,24). The predicted molar refractivity (Wildman–Crippen MR) is 97.9 cm³/mol. The number of nitrogens with zero attached hydrogens (tertiary/aromatic N) is 4. The molecule has 0 aromatic carbocycles. The fourth-order valence-electron chi connectivity index (χ4n) is 2.77. The summed E-state index contributed by atoms with van der Waals surface area (Å²) in [5.74, 6) is 0. The zero-order chi connectivity index (χ0) is 17.4. The first-order valence-electron chi connectivity index (χ1n) is 8.02. The van der Waals surface area contributed by atoms with Crippen molar-refractivity contribution in [2.45, 2.75) is 26.3 Å². The van der Waals surface area contributed by atoms with Crippen LogP contribution in [0.4, 0.5) is 0 Å². The Labute approximate surface area is 146 Å². The van der Waals surface area contributed by atoms with E-state index >= 15 is 0 Å². The Hall–Kier alpha value is -2.87. The summed E-state index contributed by atoms with van der Waals surface area (Å²) in [6, 6.07) is 3.73. The highest BCUT2D eigenvalue weighted by atomic mass is 32.1. The van der Waals surface area contributed by atoms with Crippen LogP contribution in [-0.2, 0) is 6.54 Å². The van der Waals surface area contributed by atoms with Crippen LogP contribution in [0.15, 0.2) is 40.3 Å². The van der Waals surface area contributed by atoms with Gasteiger partial charge in [-0.3, -0.25) is 19.3 Å². The number of hydrogen-bond donors (Lipinski definition) is 1. The van der Waals surface area contributed by atoms with Gasteiger partial charge in [0.15, 0.2) is 0 Å². The molecule has 4 rings (SSSR count). The molecule has 0 amide bonds. The Morgan fingerprint density at radius 2 is 2.16 bits per heavy atom. The molecule has 4 heterocycles. The molecule has 0 saturated heterocycles. The summed E-state index contributed by atoms with van der Waals surface area (Å²) in [6.07, 6.45) is 6.85. The van der Waals surface area contributed by atoms with E-state index < -0.39 is 5.69 Å². The number of thiophene rings is 1. The molecule has 8 heteroatoms. The van der Waals surface area contributed by atoms with Gasteiger partial charge in [-0.1, -0.05) is 13.3 Å². The van der Waals surface area contributed by atoms with Gasteiger partial charge in [0.2, 0.25) is 0 Å². The molecule has 0 aliphatic carbocycles. The number of nitrogens with one attached hydrogen (secondary N) is 1. The van der Waals surface area contributed by atoms with Crippen molar-refractivity contribution in [3.63, 3.8) is 0 Å². The average Bonchev–Trinajstić information content (AvgIpc) is 3.02. The Balaban J connectivity index is 2.05. The van der Waals surface area contributed by atoms with Gasteiger partial charge in [-0.15, -0.1) is 11.3 Å². The third-order valence-electron chi connectivity index (χ3n) is 4.01. The van der Waals surface area contributed by atoms with Crippen LogP contribution in [0.5, 0.6) is 0 Å². The molecular formula is C17H15N5O2S. The smallest absolute Gasteiger partial charge is 0.290 e. The van der Waals surface area contributed by atoms with Gasteiger partial charge in [-0.2, -0.15) is 0 Å². The molecule has 0 bridgehead atoms. The molecule has 7 nitrogen and oxygen atoms in total. The summed E-state index contributed by atoms with van der Waals surface area (Å²) in [4.78, 5) is 40.8. The lowest BCUT2D eigenvalue weighted by Gasteiger charge is -2.06. The zero-order valence-electron chi connectivity index (χ0n) is 13.5. The summed E-state index contributed by atoms with van der Waals surface area (Å²) in [6.45, 7) is 2.59. The Morgan fingerprint density at radius 3 is 2.92 bits per heavy atom. The van der Waals surface area contributed by atoms with E-state index in [9.17, 15) is 9.59 Å². The van der Waals surface area contributed by atoms with Gasteiger partial charge in [0.05, 0.1) is 17.4 Å². The maximum absolute atomic E-state index is 12.3. The minimum Gasteiger partial charge on any atom is -0.290 e. The van der Waals surface area contributed by atoms with Crippen molar-refractivity contribution in [3.05, 3.63) is 51.6 Å². The van der Waals surface area contributed by atoms with Crippen LogP contribution < -0.4 is 11.2 Å². The number of aryl methyl sites for hydroxylation is 1. The summed E-state index contributed by atoms with van der Waals surface area (Å²) in [5, 5.41) is 0. The molecule has 0 spiro atoms. The Morgan fingerprint density at radius 1 is 1.28 bits per heavy atom. The lowest BCUT2D eigenvalue weighted by Crippen LogP contribution is -2.29. The van der Waals surface area contributed by atoms with Crippen molar-refractivity contribution >= 4 is 31.9 Å². The molecule has 0 fully saturated rings. The molecule has 25 heavy (non-hydrogen) atoms. The molecular weight excluding hydrogens is 338 g/mol. The molecule has 4 aromatic heterocycles. The van der Waals surface area contributed by atoms with Gasteiger partial charge in [0.25, 0.3) is 5.56 Å². The van der Waals surface area contributed by atoms with Crippen LogP contribution in [0.2, 0.25) is 0 Å². The number of hydrogen-bond acceptors (Lipinski definition) is 6. The van der Waals surface area contributed by atoms with Crippen molar-refractivity contribution in [1.29, 1.82) is 0 Å². The lowest BCUT2D eigenvalue weighted by atomic mass is 10.2. The maximum Gasteiger partial charge on any atom is 0.328 e. The fourth-order valence-corrected chi connectivity index (χ4v) is 3.75. The fraction of sp³-hybridized carbons (Fsp3) is 0.235. The highest BCUT2D eigenvalue weighted by Crippen LogP contribution is 2.29. The van der Waals surface area contributed by atoms with Crippen LogP contribution >= 0.6 is 11.3 Å². The molecule has 0 unspecified atom stereocenters. The van der Waals surface area contributed by atoms with Crippen LogP contribution in [0.1, 0.15) is 19.8 Å². The minimum absolute atomic E-state index is 0.388. The van der Waals surface area contributed by atoms with Crippen molar-refractivity contribution in [2.24, 2.45) is 0 Å². The molecule has 0 aliphatic heterocycles. The van der Waals surface area contributed by atoms with Crippen LogP contribution in [0.3, 0.4) is 0 Å². The largest absolute Gasteiger partial charge is 0.328 e. The van der Waals surface area contributed by atoms with Crippen LogP contribution in [0.25, 0.3) is 31.8 Å². The number of rotatable bonds is 4. The number of H-pyrrole nitrogens is 1. The molecule has 4 aromatic rings. The van der Waals surface area contributed by atoms with E-state index in [0.29, 0.717) is 32.8 Å². The average molecular weight is 353 g/mol. The number of fused-ring (bicyclic) bond motifs is 3. The quantitative estimate of drug-likeness (QED) is 0.608. The van der Waals surface area contributed by atoms with E-state index in [2.05, 4.69) is 26.9 Å². The topological polar surface area (TPSA) is 93.5 Å². The molecule has 0 atom stereocenters. The molecule has 126 valence electrons. The van der Waals surface area contributed by atoms with Gasteiger partial charge in [-0.05, 0) is 18.6 Å². The minimum atomic E-state index is -0.403. The zero-order valence-corrected chi connectivity index (χ0v) is 14.3. The second-order valence-corrected chi connectivity index (χ2v) is 6.69. The monoisotopic (exact) mass is 353 g/mol. The highest BCUT2D eigenvalue weighted by Gasteiger charge is 2.17. The van der Waals surface area contributed by atoms with E-state index in [1.807, 2.05) is 12.1 Å². The highest BCUT2D eigenvalue weighted by molar-refractivity contribution is 7.25. The van der Waals surface area contributed by atoms with E-state index in [0.717, 1.165) is 18.4 Å². The Kier molecular flexibility index (Phi) is 3.89. The Bertz CT molecular complexity index is 1180. The van der Waals surface area contributed by atoms with Gasteiger partial charge < -0.3 is 0 Å². The van der Waals surface area contributed by atoms with Crippen molar-refractivity contribution in [3.8, 4) is 11.3 Å².